The Morgan fingerprint density at radius 2 is 1.82 bits per heavy atom. The molecule has 174 valence electrons. The fourth-order valence-corrected chi connectivity index (χ4v) is 4.03. The summed E-state index contributed by atoms with van der Waals surface area (Å²) in [4.78, 5) is 39.4. The average molecular weight is 453 g/mol. The number of rotatable bonds is 8. The number of amides is 1. The maximum atomic E-state index is 13.4. The van der Waals surface area contributed by atoms with Crippen LogP contribution < -0.4 is 26.0 Å². The molecule has 2 heterocycles. The van der Waals surface area contributed by atoms with Crippen LogP contribution in [0.5, 0.6) is 11.5 Å². The predicted octanol–water partition coefficient (Wildman–Crippen LogP) is 1.52. The summed E-state index contributed by atoms with van der Waals surface area (Å²) in [6, 6.07) is 12.3. The van der Waals surface area contributed by atoms with E-state index in [1.54, 1.807) is 6.07 Å². The highest BCUT2D eigenvalue weighted by Gasteiger charge is 2.20. The van der Waals surface area contributed by atoms with Crippen LogP contribution in [-0.2, 0) is 22.6 Å². The number of ether oxygens (including phenoxy) is 3. The standard InChI is InChI=1S/C24H27N3O6/c1-31-20-11-18-19(12-21(20)32-2)26(15-22(28)25-13-17-9-6-10-33-17)24(30)27(23(18)29)14-16-7-4-3-5-8-16/h3-5,7-8,11-12,17H,6,9-10,13-15H2,1-2H3,(H,25,28)/t17-/m0/s1. The van der Waals surface area contributed by atoms with Gasteiger partial charge >= 0.3 is 5.69 Å². The third-order valence-corrected chi connectivity index (χ3v) is 5.77. The van der Waals surface area contributed by atoms with E-state index in [9.17, 15) is 14.4 Å². The van der Waals surface area contributed by atoms with Gasteiger partial charge in [0.1, 0.15) is 6.54 Å². The molecule has 1 atom stereocenters. The van der Waals surface area contributed by atoms with E-state index in [0.29, 0.717) is 30.2 Å². The lowest BCUT2D eigenvalue weighted by Gasteiger charge is -2.17. The first-order valence-electron chi connectivity index (χ1n) is 10.8. The molecular formula is C24H27N3O6. The van der Waals surface area contributed by atoms with Gasteiger partial charge in [-0.2, -0.15) is 0 Å². The van der Waals surface area contributed by atoms with Crippen LogP contribution in [0.2, 0.25) is 0 Å². The monoisotopic (exact) mass is 453 g/mol. The molecule has 0 radical (unpaired) electrons. The van der Waals surface area contributed by atoms with E-state index in [0.717, 1.165) is 23.0 Å². The number of hydrogen-bond acceptors (Lipinski definition) is 6. The quantitative estimate of drug-likeness (QED) is 0.555. The van der Waals surface area contributed by atoms with Gasteiger partial charge in [0.2, 0.25) is 5.91 Å². The topological polar surface area (TPSA) is 101 Å². The van der Waals surface area contributed by atoms with E-state index in [-0.39, 0.29) is 30.5 Å². The molecule has 2 aromatic carbocycles. The smallest absolute Gasteiger partial charge is 0.332 e. The molecule has 1 aliphatic rings. The first-order chi connectivity index (χ1) is 16.0. The molecular weight excluding hydrogens is 426 g/mol. The summed E-state index contributed by atoms with van der Waals surface area (Å²) < 4.78 is 18.7. The first-order valence-corrected chi connectivity index (χ1v) is 10.8. The lowest BCUT2D eigenvalue weighted by molar-refractivity contribution is -0.122. The Hall–Kier alpha value is -3.59. The van der Waals surface area contributed by atoms with Crippen molar-refractivity contribution in [1.82, 2.24) is 14.5 Å². The Kier molecular flexibility index (Phi) is 6.79. The summed E-state index contributed by atoms with van der Waals surface area (Å²) in [6.07, 6.45) is 1.84. The van der Waals surface area contributed by atoms with Crippen molar-refractivity contribution in [1.29, 1.82) is 0 Å². The molecule has 1 amide bonds. The Morgan fingerprint density at radius 1 is 1.09 bits per heavy atom. The van der Waals surface area contributed by atoms with Gasteiger partial charge in [-0.25, -0.2) is 4.79 Å². The zero-order valence-corrected chi connectivity index (χ0v) is 18.7. The summed E-state index contributed by atoms with van der Waals surface area (Å²) in [5.41, 5.74) is 0.0665. The van der Waals surface area contributed by atoms with Gasteiger partial charge in [0.15, 0.2) is 11.5 Å². The van der Waals surface area contributed by atoms with Crippen molar-refractivity contribution in [3.05, 3.63) is 68.9 Å². The predicted molar refractivity (Wildman–Crippen MR) is 123 cm³/mol. The molecule has 9 nitrogen and oxygen atoms in total. The zero-order chi connectivity index (χ0) is 23.4. The number of carbonyl (C=O) groups is 1. The van der Waals surface area contributed by atoms with Crippen LogP contribution in [0.4, 0.5) is 0 Å². The van der Waals surface area contributed by atoms with Crippen LogP contribution in [0.15, 0.2) is 52.1 Å². The molecule has 1 aromatic heterocycles. The number of nitrogens with zero attached hydrogens (tertiary/aromatic N) is 2. The van der Waals surface area contributed by atoms with Gasteiger partial charge in [-0.1, -0.05) is 30.3 Å². The molecule has 0 aliphatic carbocycles. The van der Waals surface area contributed by atoms with Crippen LogP contribution in [0.25, 0.3) is 10.9 Å². The third-order valence-electron chi connectivity index (χ3n) is 5.77. The van der Waals surface area contributed by atoms with Gasteiger partial charge in [0, 0.05) is 19.2 Å². The number of methoxy groups -OCH3 is 2. The summed E-state index contributed by atoms with van der Waals surface area (Å²) in [6.45, 7) is 0.913. The van der Waals surface area contributed by atoms with E-state index in [1.165, 1.54) is 24.9 Å². The maximum Gasteiger partial charge on any atom is 0.332 e. The summed E-state index contributed by atoms with van der Waals surface area (Å²) >= 11 is 0. The minimum absolute atomic E-state index is 0.0150. The van der Waals surface area contributed by atoms with E-state index >= 15 is 0 Å². The van der Waals surface area contributed by atoms with Gasteiger partial charge in [0.25, 0.3) is 5.56 Å². The number of aromatic nitrogens is 2. The van der Waals surface area contributed by atoms with Crippen molar-refractivity contribution in [2.45, 2.75) is 32.0 Å². The molecule has 3 aromatic rings. The molecule has 0 saturated carbocycles. The molecule has 0 bridgehead atoms. The van der Waals surface area contributed by atoms with Gasteiger partial charge in [-0.05, 0) is 24.5 Å². The molecule has 1 fully saturated rings. The minimum Gasteiger partial charge on any atom is -0.493 e. The van der Waals surface area contributed by atoms with Crippen molar-refractivity contribution in [3.63, 3.8) is 0 Å². The normalized spacial score (nSPS) is 15.5. The summed E-state index contributed by atoms with van der Waals surface area (Å²) in [5.74, 6) is 0.383. The fraction of sp³-hybridized carbons (Fsp3) is 0.375. The number of benzene rings is 2. The van der Waals surface area contributed by atoms with E-state index in [4.69, 9.17) is 14.2 Å². The van der Waals surface area contributed by atoms with Crippen LogP contribution in [0, 0.1) is 0 Å². The van der Waals surface area contributed by atoms with Crippen LogP contribution in [0.1, 0.15) is 18.4 Å². The maximum absolute atomic E-state index is 13.4. The Balaban J connectivity index is 1.78. The second-order valence-corrected chi connectivity index (χ2v) is 7.91. The lowest BCUT2D eigenvalue weighted by atomic mass is 10.2. The van der Waals surface area contributed by atoms with Crippen molar-refractivity contribution >= 4 is 16.8 Å². The van der Waals surface area contributed by atoms with Gasteiger partial charge in [-0.3, -0.25) is 18.7 Å². The highest BCUT2D eigenvalue weighted by molar-refractivity contribution is 5.84. The van der Waals surface area contributed by atoms with Crippen molar-refractivity contribution in [2.75, 3.05) is 27.4 Å². The van der Waals surface area contributed by atoms with Gasteiger partial charge in [-0.15, -0.1) is 0 Å². The Morgan fingerprint density at radius 3 is 2.48 bits per heavy atom. The number of fused-ring (bicyclic) bond motifs is 1. The summed E-state index contributed by atoms with van der Waals surface area (Å²) in [5, 5.41) is 3.09. The SMILES string of the molecule is COc1cc2c(=O)n(Cc3ccccc3)c(=O)n(CC(=O)NC[C@@H]3CCCO3)c2cc1OC. The molecule has 1 aliphatic heterocycles. The molecule has 1 saturated heterocycles. The number of carbonyl (C=O) groups excluding carboxylic acids is 1. The molecule has 33 heavy (non-hydrogen) atoms. The van der Waals surface area contributed by atoms with E-state index < -0.39 is 11.2 Å². The van der Waals surface area contributed by atoms with E-state index in [1.807, 2.05) is 30.3 Å². The minimum atomic E-state index is -0.573. The van der Waals surface area contributed by atoms with Gasteiger partial charge < -0.3 is 19.5 Å². The molecule has 1 N–H and O–H groups in total. The van der Waals surface area contributed by atoms with Crippen LogP contribution >= 0.6 is 0 Å². The van der Waals surface area contributed by atoms with E-state index in [2.05, 4.69) is 5.32 Å². The molecule has 0 spiro atoms. The highest BCUT2D eigenvalue weighted by atomic mass is 16.5. The zero-order valence-electron chi connectivity index (χ0n) is 18.7. The number of hydrogen-bond donors (Lipinski definition) is 1. The lowest BCUT2D eigenvalue weighted by Crippen LogP contribution is -2.43. The molecule has 4 rings (SSSR count). The largest absolute Gasteiger partial charge is 0.493 e. The molecule has 9 heteroatoms. The second kappa shape index (κ2) is 9.91. The van der Waals surface area contributed by atoms with Crippen LogP contribution in [0.3, 0.4) is 0 Å². The van der Waals surface area contributed by atoms with Crippen molar-refractivity contribution in [3.8, 4) is 11.5 Å². The average Bonchev–Trinajstić information content (AvgIpc) is 3.36. The Labute approximate surface area is 190 Å². The van der Waals surface area contributed by atoms with Gasteiger partial charge in [0.05, 0.1) is 37.8 Å². The molecule has 0 unspecified atom stereocenters. The first kappa shape index (κ1) is 22.6. The van der Waals surface area contributed by atoms with Crippen LogP contribution in [-0.4, -0.2) is 48.5 Å². The van der Waals surface area contributed by atoms with Crippen molar-refractivity contribution in [2.24, 2.45) is 0 Å². The Bertz CT molecular complexity index is 1260. The van der Waals surface area contributed by atoms with Crippen molar-refractivity contribution < 1.29 is 19.0 Å². The third kappa shape index (κ3) is 4.78. The highest BCUT2D eigenvalue weighted by Crippen LogP contribution is 2.30. The second-order valence-electron chi connectivity index (χ2n) is 7.91. The number of nitrogens with one attached hydrogen (secondary N) is 1. The summed E-state index contributed by atoms with van der Waals surface area (Å²) in [7, 11) is 2.94. The fourth-order valence-electron chi connectivity index (χ4n) is 4.03.